The molecule has 0 radical (unpaired) electrons. The molecule has 2 fully saturated rings. The zero-order valence-corrected chi connectivity index (χ0v) is 11.7. The Hall–Kier alpha value is -1.10. The van der Waals surface area contributed by atoms with Crippen LogP contribution in [0.5, 0.6) is 0 Å². The molecule has 5 nitrogen and oxygen atoms in total. The number of nitrogens with zero attached hydrogens (tertiary/aromatic N) is 1. The number of quaternary nitrogens is 1. The molecule has 108 valence electrons. The van der Waals surface area contributed by atoms with Crippen LogP contribution in [0.15, 0.2) is 0 Å². The average Bonchev–Trinajstić information content (AvgIpc) is 2.40. The molecule has 2 saturated heterocycles. The van der Waals surface area contributed by atoms with Gasteiger partial charge in [-0.05, 0) is 18.8 Å². The molecule has 1 N–H and O–H groups in total. The van der Waals surface area contributed by atoms with Crippen molar-refractivity contribution in [1.29, 1.82) is 0 Å². The molecular weight excluding hydrogens is 244 g/mol. The molecule has 0 aromatic rings. The molecule has 0 aromatic carbocycles. The predicted octanol–water partition coefficient (Wildman–Crippen LogP) is -1.71. The predicted molar refractivity (Wildman–Crippen MR) is 68.3 cm³/mol. The second-order valence-corrected chi connectivity index (χ2v) is 6.08. The highest BCUT2D eigenvalue weighted by molar-refractivity contribution is 5.77. The molecular formula is C14H24N2O3. The lowest BCUT2D eigenvalue weighted by atomic mass is 9.97. The van der Waals surface area contributed by atoms with Gasteiger partial charge in [-0.1, -0.05) is 6.92 Å². The number of likely N-dealkylation sites (tertiary alicyclic amines) is 2. The standard InChI is InChI=1S/C14H24N2O3/c1-11-2-8-16(9-3-11)13(17)10-15-6-4-12(5-7-15)14(18)19/h11-12H,2-10H2,1H3,(H,18,19). The lowest BCUT2D eigenvalue weighted by Gasteiger charge is -2.33. The lowest BCUT2D eigenvalue weighted by molar-refractivity contribution is -0.898. The summed E-state index contributed by atoms with van der Waals surface area (Å²) in [5.41, 5.74) is 0. The van der Waals surface area contributed by atoms with Gasteiger partial charge in [-0.25, -0.2) is 0 Å². The Labute approximate surface area is 114 Å². The average molecular weight is 268 g/mol. The number of carboxylic acid groups (broad SMARTS) is 1. The number of amides is 1. The lowest BCUT2D eigenvalue weighted by Crippen LogP contribution is -3.14. The van der Waals surface area contributed by atoms with Gasteiger partial charge in [0.25, 0.3) is 5.91 Å². The Bertz CT molecular complexity index is 330. The van der Waals surface area contributed by atoms with Gasteiger partial charge < -0.3 is 19.7 Å². The maximum absolute atomic E-state index is 12.2. The summed E-state index contributed by atoms with van der Waals surface area (Å²) in [5.74, 6) is -0.283. The van der Waals surface area contributed by atoms with Gasteiger partial charge >= 0.3 is 0 Å². The van der Waals surface area contributed by atoms with Gasteiger partial charge in [0.15, 0.2) is 6.54 Å². The minimum Gasteiger partial charge on any atom is -0.550 e. The zero-order chi connectivity index (χ0) is 13.8. The first-order valence-corrected chi connectivity index (χ1v) is 7.38. The molecule has 0 unspecified atom stereocenters. The van der Waals surface area contributed by atoms with Gasteiger partial charge in [-0.3, -0.25) is 4.79 Å². The van der Waals surface area contributed by atoms with Crippen LogP contribution < -0.4 is 10.0 Å². The van der Waals surface area contributed by atoms with Crippen molar-refractivity contribution in [2.24, 2.45) is 11.8 Å². The Kier molecular flexibility index (Phi) is 4.80. The summed E-state index contributed by atoms with van der Waals surface area (Å²) in [5, 5.41) is 10.8. The normalized spacial score (nSPS) is 29.2. The van der Waals surface area contributed by atoms with E-state index in [9.17, 15) is 14.7 Å². The van der Waals surface area contributed by atoms with E-state index in [4.69, 9.17) is 0 Å². The molecule has 0 saturated carbocycles. The smallest absolute Gasteiger partial charge is 0.277 e. The first kappa shape index (κ1) is 14.3. The van der Waals surface area contributed by atoms with E-state index in [0.29, 0.717) is 19.4 Å². The number of piperidine rings is 2. The summed E-state index contributed by atoms with van der Waals surface area (Å²) in [6.45, 7) is 6.07. The second-order valence-electron chi connectivity index (χ2n) is 6.08. The Morgan fingerprint density at radius 2 is 1.74 bits per heavy atom. The molecule has 2 aliphatic rings. The van der Waals surface area contributed by atoms with Crippen LogP contribution in [0, 0.1) is 11.8 Å². The van der Waals surface area contributed by atoms with Crippen LogP contribution in [-0.2, 0) is 9.59 Å². The summed E-state index contributed by atoms with van der Waals surface area (Å²) in [4.78, 5) is 26.1. The quantitative estimate of drug-likeness (QED) is 0.663. The molecule has 2 heterocycles. The van der Waals surface area contributed by atoms with Crippen molar-refractivity contribution in [3.63, 3.8) is 0 Å². The molecule has 0 aliphatic carbocycles. The largest absolute Gasteiger partial charge is 0.550 e. The van der Waals surface area contributed by atoms with Gasteiger partial charge in [0.2, 0.25) is 0 Å². The monoisotopic (exact) mass is 268 g/mol. The number of carbonyl (C=O) groups is 2. The maximum atomic E-state index is 12.2. The van der Waals surface area contributed by atoms with E-state index in [1.165, 1.54) is 4.90 Å². The van der Waals surface area contributed by atoms with Crippen molar-refractivity contribution < 1.29 is 19.6 Å². The summed E-state index contributed by atoms with van der Waals surface area (Å²) in [6.07, 6.45) is 3.49. The van der Waals surface area contributed by atoms with Crippen molar-refractivity contribution >= 4 is 11.9 Å². The van der Waals surface area contributed by atoms with Crippen LogP contribution in [-0.4, -0.2) is 49.5 Å². The number of carboxylic acids is 1. The number of hydrogen-bond acceptors (Lipinski definition) is 3. The van der Waals surface area contributed by atoms with Crippen LogP contribution in [0.4, 0.5) is 0 Å². The van der Waals surface area contributed by atoms with E-state index < -0.39 is 5.97 Å². The molecule has 0 spiro atoms. The highest BCUT2D eigenvalue weighted by Gasteiger charge is 2.27. The topological polar surface area (TPSA) is 64.9 Å². The molecule has 2 aliphatic heterocycles. The molecule has 5 heteroatoms. The highest BCUT2D eigenvalue weighted by Crippen LogP contribution is 2.15. The van der Waals surface area contributed by atoms with Crippen LogP contribution in [0.2, 0.25) is 0 Å². The zero-order valence-electron chi connectivity index (χ0n) is 11.7. The number of aliphatic carboxylic acids is 1. The summed E-state index contributed by atoms with van der Waals surface area (Å²) in [6, 6.07) is 0. The fraction of sp³-hybridized carbons (Fsp3) is 0.857. The number of nitrogens with one attached hydrogen (secondary N) is 1. The molecule has 0 atom stereocenters. The van der Waals surface area contributed by atoms with Crippen molar-refractivity contribution in [3.8, 4) is 0 Å². The Balaban J connectivity index is 1.73. The first-order valence-electron chi connectivity index (χ1n) is 7.38. The fourth-order valence-corrected chi connectivity index (χ4v) is 3.02. The van der Waals surface area contributed by atoms with Crippen molar-refractivity contribution in [2.45, 2.75) is 32.6 Å². The van der Waals surface area contributed by atoms with Gasteiger partial charge in [0, 0.05) is 37.8 Å². The molecule has 0 aromatic heterocycles. The number of rotatable bonds is 3. The van der Waals surface area contributed by atoms with Crippen molar-refractivity contribution in [1.82, 2.24) is 4.90 Å². The minimum absolute atomic E-state index is 0.230. The van der Waals surface area contributed by atoms with E-state index in [1.54, 1.807) is 0 Å². The van der Waals surface area contributed by atoms with Gasteiger partial charge in [0.05, 0.1) is 13.1 Å². The fourth-order valence-electron chi connectivity index (χ4n) is 3.02. The molecule has 19 heavy (non-hydrogen) atoms. The van der Waals surface area contributed by atoms with E-state index in [2.05, 4.69) is 6.92 Å². The van der Waals surface area contributed by atoms with Crippen LogP contribution in [0.3, 0.4) is 0 Å². The van der Waals surface area contributed by atoms with Gasteiger partial charge in [0.1, 0.15) is 0 Å². The van der Waals surface area contributed by atoms with E-state index in [1.807, 2.05) is 4.90 Å². The third-order valence-electron chi connectivity index (χ3n) is 4.56. The van der Waals surface area contributed by atoms with Crippen LogP contribution in [0.1, 0.15) is 32.6 Å². The summed E-state index contributed by atoms with van der Waals surface area (Å²) < 4.78 is 0. The van der Waals surface area contributed by atoms with E-state index in [0.717, 1.165) is 44.9 Å². The summed E-state index contributed by atoms with van der Waals surface area (Å²) >= 11 is 0. The van der Waals surface area contributed by atoms with E-state index in [-0.39, 0.29) is 11.8 Å². The third-order valence-corrected chi connectivity index (χ3v) is 4.56. The molecule has 2 rings (SSSR count). The molecule has 1 amide bonds. The second kappa shape index (κ2) is 6.37. The Morgan fingerprint density at radius 3 is 2.26 bits per heavy atom. The minimum atomic E-state index is -0.935. The highest BCUT2D eigenvalue weighted by atomic mass is 16.4. The van der Waals surface area contributed by atoms with Gasteiger partial charge in [-0.15, -0.1) is 0 Å². The number of carbonyl (C=O) groups excluding carboxylic acids is 2. The summed E-state index contributed by atoms with van der Waals surface area (Å²) in [7, 11) is 0. The maximum Gasteiger partial charge on any atom is 0.277 e. The molecule has 0 bridgehead atoms. The van der Waals surface area contributed by atoms with Gasteiger partial charge in [-0.2, -0.15) is 0 Å². The van der Waals surface area contributed by atoms with Crippen molar-refractivity contribution in [2.75, 3.05) is 32.7 Å². The Morgan fingerprint density at radius 1 is 1.16 bits per heavy atom. The van der Waals surface area contributed by atoms with E-state index >= 15 is 0 Å². The first-order chi connectivity index (χ1) is 9.06. The number of hydrogen-bond donors (Lipinski definition) is 1. The van der Waals surface area contributed by atoms with Crippen LogP contribution >= 0.6 is 0 Å². The SMILES string of the molecule is CC1CCN(C(=O)C[NH+]2CCC(C(=O)[O-])CC2)CC1. The van der Waals surface area contributed by atoms with Crippen LogP contribution in [0.25, 0.3) is 0 Å². The van der Waals surface area contributed by atoms with Crippen molar-refractivity contribution in [3.05, 3.63) is 0 Å². The third kappa shape index (κ3) is 3.93.